The number of methoxy groups -OCH3 is 1. The van der Waals surface area contributed by atoms with Gasteiger partial charge in [-0.1, -0.05) is 24.3 Å². The monoisotopic (exact) mass is 346 g/mol. The summed E-state index contributed by atoms with van der Waals surface area (Å²) in [6.45, 7) is 0.376. The molecule has 1 amide bonds. The number of benzene rings is 2. The molecule has 1 aliphatic carbocycles. The molecule has 24 heavy (non-hydrogen) atoms. The Labute approximate surface area is 140 Å². The fourth-order valence-corrected chi connectivity index (χ4v) is 3.81. The Morgan fingerprint density at radius 1 is 1.17 bits per heavy atom. The lowest BCUT2D eigenvalue weighted by atomic mass is 9.78. The average Bonchev–Trinajstić information content (AvgIpc) is 2.56. The van der Waals surface area contributed by atoms with Crippen molar-refractivity contribution in [3.8, 4) is 0 Å². The molecule has 1 unspecified atom stereocenters. The van der Waals surface area contributed by atoms with Crippen molar-refractivity contribution in [2.24, 2.45) is 0 Å². The largest absolute Gasteiger partial charge is 0.453 e. The van der Waals surface area contributed by atoms with Gasteiger partial charge in [0.15, 0.2) is 0 Å². The third-order valence-electron chi connectivity index (χ3n) is 4.08. The molecule has 7 heteroatoms. The first kappa shape index (κ1) is 16.5. The van der Waals surface area contributed by atoms with Crippen LogP contribution in [-0.2, 0) is 21.2 Å². The number of fused-ring (bicyclic) bond motifs is 1. The molecule has 0 spiro atoms. The maximum Gasteiger partial charge on any atom is 0.411 e. The molecular weight excluding hydrogens is 328 g/mol. The number of rotatable bonds is 5. The molecule has 0 aliphatic heterocycles. The number of carbonyl (C=O) groups is 1. The van der Waals surface area contributed by atoms with Crippen LogP contribution in [0.15, 0.2) is 53.4 Å². The molecule has 0 saturated heterocycles. The standard InChI is InChI=1S/C17H18N2O4S/c1-23-17(20)19-14-6-8-15(9-7-14)24(21,22)18-11-13-10-12-4-2-3-5-16(12)13/h2-9,13,18H,10-11H2,1H3,(H,19,20). The van der Waals surface area contributed by atoms with Crippen molar-refractivity contribution in [3.05, 3.63) is 59.7 Å². The van der Waals surface area contributed by atoms with Crippen LogP contribution in [0.2, 0.25) is 0 Å². The Hall–Kier alpha value is -2.38. The lowest BCUT2D eigenvalue weighted by Crippen LogP contribution is -2.33. The van der Waals surface area contributed by atoms with Gasteiger partial charge in [-0.3, -0.25) is 5.32 Å². The molecule has 1 aliphatic rings. The van der Waals surface area contributed by atoms with Gasteiger partial charge in [0.25, 0.3) is 0 Å². The molecular formula is C17H18N2O4S. The van der Waals surface area contributed by atoms with Gasteiger partial charge >= 0.3 is 6.09 Å². The zero-order valence-corrected chi connectivity index (χ0v) is 14.0. The van der Waals surface area contributed by atoms with Crippen LogP contribution in [0.4, 0.5) is 10.5 Å². The number of amides is 1. The molecule has 0 fully saturated rings. The summed E-state index contributed by atoms with van der Waals surface area (Å²) in [6.07, 6.45) is 0.285. The molecule has 0 heterocycles. The van der Waals surface area contributed by atoms with Crippen LogP contribution in [0.5, 0.6) is 0 Å². The summed E-state index contributed by atoms with van der Waals surface area (Å²) in [7, 11) is -2.32. The van der Waals surface area contributed by atoms with Gasteiger partial charge in [0, 0.05) is 18.2 Å². The number of hydrogen-bond acceptors (Lipinski definition) is 4. The predicted octanol–water partition coefficient (Wildman–Crippen LogP) is 2.48. The fourth-order valence-electron chi connectivity index (χ4n) is 2.72. The van der Waals surface area contributed by atoms with Crippen molar-refractivity contribution in [3.63, 3.8) is 0 Å². The van der Waals surface area contributed by atoms with Crippen LogP contribution in [0.1, 0.15) is 17.0 Å². The third-order valence-corrected chi connectivity index (χ3v) is 5.52. The van der Waals surface area contributed by atoms with Gasteiger partial charge in [-0.15, -0.1) is 0 Å². The van der Waals surface area contributed by atoms with Gasteiger partial charge in [-0.2, -0.15) is 0 Å². The minimum absolute atomic E-state index is 0.158. The van der Waals surface area contributed by atoms with E-state index >= 15 is 0 Å². The first-order valence-electron chi connectivity index (χ1n) is 7.52. The Balaban J connectivity index is 1.62. The molecule has 0 aromatic heterocycles. The van der Waals surface area contributed by atoms with E-state index in [4.69, 9.17) is 0 Å². The van der Waals surface area contributed by atoms with Gasteiger partial charge in [0.1, 0.15) is 0 Å². The second kappa shape index (κ2) is 6.62. The van der Waals surface area contributed by atoms with Gasteiger partial charge in [0.05, 0.1) is 12.0 Å². The van der Waals surface area contributed by atoms with Gasteiger partial charge in [-0.05, 0) is 41.8 Å². The highest BCUT2D eigenvalue weighted by atomic mass is 32.2. The van der Waals surface area contributed by atoms with Gasteiger partial charge in [-0.25, -0.2) is 17.9 Å². The molecule has 1 atom stereocenters. The fraction of sp³-hybridized carbons (Fsp3) is 0.235. The zero-order chi connectivity index (χ0) is 17.2. The van der Waals surface area contributed by atoms with Crippen molar-refractivity contribution in [2.75, 3.05) is 19.0 Å². The highest BCUT2D eigenvalue weighted by Crippen LogP contribution is 2.34. The number of nitrogens with one attached hydrogen (secondary N) is 2. The molecule has 0 radical (unpaired) electrons. The van der Waals surface area contributed by atoms with Crippen LogP contribution in [0, 0.1) is 0 Å². The quantitative estimate of drug-likeness (QED) is 0.871. The molecule has 126 valence electrons. The summed E-state index contributed by atoms with van der Waals surface area (Å²) in [5.74, 6) is 0.219. The Bertz CT molecular complexity index is 847. The van der Waals surface area contributed by atoms with Crippen LogP contribution in [0.25, 0.3) is 0 Å². The number of carbonyl (C=O) groups excluding carboxylic acids is 1. The first-order valence-corrected chi connectivity index (χ1v) is 9.00. The van der Waals surface area contributed by atoms with Crippen molar-refractivity contribution >= 4 is 21.8 Å². The maximum absolute atomic E-state index is 12.4. The third kappa shape index (κ3) is 3.42. The van der Waals surface area contributed by atoms with E-state index in [-0.39, 0.29) is 10.8 Å². The number of hydrogen-bond donors (Lipinski definition) is 2. The molecule has 0 saturated carbocycles. The summed E-state index contributed by atoms with van der Waals surface area (Å²) in [5.41, 5.74) is 2.95. The van der Waals surface area contributed by atoms with Crippen molar-refractivity contribution in [2.45, 2.75) is 17.2 Å². The SMILES string of the molecule is COC(=O)Nc1ccc(S(=O)(=O)NCC2Cc3ccccc32)cc1. The highest BCUT2D eigenvalue weighted by Gasteiger charge is 2.27. The molecule has 2 N–H and O–H groups in total. The first-order chi connectivity index (χ1) is 11.5. The zero-order valence-electron chi connectivity index (χ0n) is 13.2. The van der Waals surface area contributed by atoms with E-state index in [2.05, 4.69) is 20.8 Å². The van der Waals surface area contributed by atoms with E-state index < -0.39 is 16.1 Å². The highest BCUT2D eigenvalue weighted by molar-refractivity contribution is 7.89. The molecule has 6 nitrogen and oxygen atoms in total. The minimum Gasteiger partial charge on any atom is -0.453 e. The number of ether oxygens (including phenoxy) is 1. The number of sulfonamides is 1. The summed E-state index contributed by atoms with van der Waals surface area (Å²) in [5, 5.41) is 2.47. The topological polar surface area (TPSA) is 84.5 Å². The van der Waals surface area contributed by atoms with Crippen molar-refractivity contribution in [1.29, 1.82) is 0 Å². The number of anilines is 1. The van der Waals surface area contributed by atoms with Gasteiger partial charge in [0.2, 0.25) is 10.0 Å². The Kier molecular flexibility index (Phi) is 4.55. The second-order valence-electron chi connectivity index (χ2n) is 5.59. The van der Waals surface area contributed by atoms with E-state index in [1.165, 1.54) is 42.5 Å². The second-order valence-corrected chi connectivity index (χ2v) is 7.36. The van der Waals surface area contributed by atoms with Crippen molar-refractivity contribution < 1.29 is 17.9 Å². The van der Waals surface area contributed by atoms with Crippen LogP contribution in [-0.4, -0.2) is 28.2 Å². The van der Waals surface area contributed by atoms with E-state index in [9.17, 15) is 13.2 Å². The molecule has 2 aromatic carbocycles. The lowest BCUT2D eigenvalue weighted by Gasteiger charge is -2.30. The average molecular weight is 346 g/mol. The Morgan fingerprint density at radius 3 is 2.54 bits per heavy atom. The normalized spacial score (nSPS) is 16.0. The van der Waals surface area contributed by atoms with Crippen molar-refractivity contribution in [1.82, 2.24) is 4.72 Å². The van der Waals surface area contributed by atoms with E-state index in [1.54, 1.807) is 0 Å². The van der Waals surface area contributed by atoms with Crippen LogP contribution < -0.4 is 10.0 Å². The smallest absolute Gasteiger partial charge is 0.411 e. The summed E-state index contributed by atoms with van der Waals surface area (Å²) in [4.78, 5) is 11.3. The van der Waals surface area contributed by atoms with E-state index in [0.29, 0.717) is 12.2 Å². The van der Waals surface area contributed by atoms with E-state index in [0.717, 1.165) is 6.42 Å². The van der Waals surface area contributed by atoms with Crippen LogP contribution >= 0.6 is 0 Å². The lowest BCUT2D eigenvalue weighted by molar-refractivity contribution is 0.187. The van der Waals surface area contributed by atoms with Gasteiger partial charge < -0.3 is 4.74 Å². The maximum atomic E-state index is 12.4. The summed E-state index contributed by atoms with van der Waals surface area (Å²) >= 11 is 0. The molecule has 3 rings (SSSR count). The Morgan fingerprint density at radius 2 is 1.88 bits per heavy atom. The minimum atomic E-state index is -3.58. The summed E-state index contributed by atoms with van der Waals surface area (Å²) < 4.78 is 31.8. The van der Waals surface area contributed by atoms with E-state index in [1.807, 2.05) is 18.2 Å². The summed E-state index contributed by atoms with van der Waals surface area (Å²) in [6, 6.07) is 14.0. The molecule has 0 bridgehead atoms. The molecule has 2 aromatic rings. The van der Waals surface area contributed by atoms with Crippen LogP contribution in [0.3, 0.4) is 0 Å². The predicted molar refractivity (Wildman–Crippen MR) is 90.5 cm³/mol.